The van der Waals surface area contributed by atoms with Crippen molar-refractivity contribution in [2.24, 2.45) is 0 Å². The highest BCUT2D eigenvalue weighted by Gasteiger charge is 2.05. The van der Waals surface area contributed by atoms with Crippen molar-refractivity contribution in [2.45, 2.75) is 12.8 Å². The highest BCUT2D eigenvalue weighted by atomic mass is 16.5. The normalized spacial score (nSPS) is 10.4. The molecule has 0 radical (unpaired) electrons. The molecule has 7 nitrogen and oxygen atoms in total. The molecule has 7 heteroatoms. The molecule has 0 saturated heterocycles. The van der Waals surface area contributed by atoms with Gasteiger partial charge in [-0.05, 0) is 30.7 Å². The minimum atomic E-state index is -0.836. The Balaban J connectivity index is 1.66. The van der Waals surface area contributed by atoms with Crippen molar-refractivity contribution < 1.29 is 14.6 Å². The zero-order valence-corrected chi connectivity index (χ0v) is 14.5. The maximum atomic E-state index is 11.9. The molecule has 3 N–H and O–H groups in total. The summed E-state index contributed by atoms with van der Waals surface area (Å²) >= 11 is 0. The molecule has 0 amide bonds. The van der Waals surface area contributed by atoms with Crippen LogP contribution in [0.4, 0.5) is 11.6 Å². The third-order valence-corrected chi connectivity index (χ3v) is 3.73. The number of carboxylic acids is 1. The lowest BCUT2D eigenvalue weighted by atomic mass is 10.1. The van der Waals surface area contributed by atoms with Gasteiger partial charge in [-0.25, -0.2) is 4.98 Å². The van der Waals surface area contributed by atoms with Gasteiger partial charge in [-0.1, -0.05) is 30.3 Å². The van der Waals surface area contributed by atoms with E-state index in [1.807, 2.05) is 30.3 Å². The van der Waals surface area contributed by atoms with Crippen LogP contribution in [-0.2, 0) is 4.79 Å². The number of ether oxygens (including phenoxy) is 1. The second-order valence-electron chi connectivity index (χ2n) is 5.84. The van der Waals surface area contributed by atoms with E-state index in [1.54, 1.807) is 24.3 Å². The van der Waals surface area contributed by atoms with Gasteiger partial charge >= 0.3 is 5.97 Å². The van der Waals surface area contributed by atoms with E-state index in [0.717, 1.165) is 11.3 Å². The molecule has 0 saturated carbocycles. The van der Waals surface area contributed by atoms with Crippen LogP contribution < -0.4 is 15.6 Å². The monoisotopic (exact) mass is 365 g/mol. The lowest BCUT2D eigenvalue weighted by Gasteiger charge is -2.09. The first kappa shape index (κ1) is 18.2. The number of anilines is 2. The third kappa shape index (κ3) is 5.43. The van der Waals surface area contributed by atoms with E-state index >= 15 is 0 Å². The van der Waals surface area contributed by atoms with E-state index in [0.29, 0.717) is 30.4 Å². The van der Waals surface area contributed by atoms with Crippen LogP contribution in [0.2, 0.25) is 0 Å². The SMILES string of the molecule is O=C(O)CCCOc1ccc(Nc2nc(-c3ccccc3)cc(=O)[nH]2)cc1. The first-order chi connectivity index (χ1) is 13.1. The molecule has 138 valence electrons. The zero-order chi connectivity index (χ0) is 19.1. The Morgan fingerprint density at radius 1 is 1.11 bits per heavy atom. The number of aromatic amines is 1. The summed E-state index contributed by atoms with van der Waals surface area (Å²) in [7, 11) is 0. The van der Waals surface area contributed by atoms with E-state index < -0.39 is 5.97 Å². The van der Waals surface area contributed by atoms with Crippen LogP contribution in [0.1, 0.15) is 12.8 Å². The van der Waals surface area contributed by atoms with E-state index in [1.165, 1.54) is 6.07 Å². The second kappa shape index (κ2) is 8.66. The molecule has 1 aromatic heterocycles. The summed E-state index contributed by atoms with van der Waals surface area (Å²) in [6.07, 6.45) is 0.531. The number of carbonyl (C=O) groups is 1. The number of carboxylic acid groups (broad SMARTS) is 1. The van der Waals surface area contributed by atoms with Crippen LogP contribution in [0.25, 0.3) is 11.3 Å². The first-order valence-corrected chi connectivity index (χ1v) is 8.48. The molecule has 2 aromatic carbocycles. The molecule has 3 rings (SSSR count). The molecule has 0 aliphatic carbocycles. The van der Waals surface area contributed by atoms with Gasteiger partial charge in [0, 0.05) is 23.7 Å². The van der Waals surface area contributed by atoms with Crippen molar-refractivity contribution in [3.05, 3.63) is 71.0 Å². The number of nitrogens with one attached hydrogen (secondary N) is 2. The molecule has 27 heavy (non-hydrogen) atoms. The maximum Gasteiger partial charge on any atom is 0.303 e. The van der Waals surface area contributed by atoms with Crippen LogP contribution in [0.15, 0.2) is 65.5 Å². The number of nitrogens with zero attached hydrogens (tertiary/aromatic N) is 1. The van der Waals surface area contributed by atoms with Crippen molar-refractivity contribution >= 4 is 17.6 Å². The lowest BCUT2D eigenvalue weighted by molar-refractivity contribution is -0.137. The fourth-order valence-electron chi connectivity index (χ4n) is 2.46. The molecular weight excluding hydrogens is 346 g/mol. The predicted molar refractivity (Wildman–Crippen MR) is 102 cm³/mol. The van der Waals surface area contributed by atoms with E-state index in [-0.39, 0.29) is 12.0 Å². The summed E-state index contributed by atoms with van der Waals surface area (Å²) in [5, 5.41) is 11.7. The van der Waals surface area contributed by atoms with Gasteiger partial charge in [0.2, 0.25) is 5.95 Å². The van der Waals surface area contributed by atoms with Crippen molar-refractivity contribution in [1.82, 2.24) is 9.97 Å². The average Bonchev–Trinajstić information content (AvgIpc) is 2.67. The van der Waals surface area contributed by atoms with Crippen LogP contribution in [-0.4, -0.2) is 27.7 Å². The van der Waals surface area contributed by atoms with E-state index in [4.69, 9.17) is 9.84 Å². The number of benzene rings is 2. The molecule has 0 bridgehead atoms. The van der Waals surface area contributed by atoms with E-state index in [2.05, 4.69) is 15.3 Å². The number of aromatic nitrogens is 2. The topological polar surface area (TPSA) is 104 Å². The third-order valence-electron chi connectivity index (χ3n) is 3.73. The maximum absolute atomic E-state index is 11.9. The largest absolute Gasteiger partial charge is 0.494 e. The summed E-state index contributed by atoms with van der Waals surface area (Å²) in [5.74, 6) is 0.152. The number of H-pyrrole nitrogens is 1. The summed E-state index contributed by atoms with van der Waals surface area (Å²) < 4.78 is 5.49. The number of aliphatic carboxylic acids is 1. The van der Waals surface area contributed by atoms with Gasteiger partial charge in [0.1, 0.15) is 5.75 Å². The molecule has 0 unspecified atom stereocenters. The molecule has 0 aliphatic rings. The van der Waals surface area contributed by atoms with Gasteiger partial charge in [0.05, 0.1) is 12.3 Å². The highest BCUT2D eigenvalue weighted by molar-refractivity contribution is 5.66. The van der Waals surface area contributed by atoms with Crippen molar-refractivity contribution in [3.63, 3.8) is 0 Å². The fraction of sp³-hybridized carbons (Fsp3) is 0.150. The summed E-state index contributed by atoms with van der Waals surface area (Å²) in [4.78, 5) is 29.5. The van der Waals surface area contributed by atoms with Crippen LogP contribution in [0.3, 0.4) is 0 Å². The number of hydrogen-bond donors (Lipinski definition) is 3. The van der Waals surface area contributed by atoms with Crippen LogP contribution in [0, 0.1) is 0 Å². The van der Waals surface area contributed by atoms with Crippen LogP contribution in [0.5, 0.6) is 5.75 Å². The molecule has 1 heterocycles. The smallest absolute Gasteiger partial charge is 0.303 e. The van der Waals surface area contributed by atoms with Crippen LogP contribution >= 0.6 is 0 Å². The van der Waals surface area contributed by atoms with Gasteiger partial charge in [0.25, 0.3) is 5.56 Å². The average molecular weight is 365 g/mol. The highest BCUT2D eigenvalue weighted by Crippen LogP contribution is 2.20. The number of hydrogen-bond acceptors (Lipinski definition) is 5. The molecular formula is C20H19N3O4. The van der Waals surface area contributed by atoms with Crippen molar-refractivity contribution in [2.75, 3.05) is 11.9 Å². The molecule has 0 aliphatic heterocycles. The summed E-state index contributed by atoms with van der Waals surface area (Å²) in [6.45, 7) is 0.340. The Kier molecular flexibility index (Phi) is 5.84. The van der Waals surface area contributed by atoms with Gasteiger partial charge in [-0.3, -0.25) is 14.6 Å². The van der Waals surface area contributed by atoms with E-state index in [9.17, 15) is 9.59 Å². The Labute approximate surface area is 155 Å². The van der Waals surface area contributed by atoms with Gasteiger partial charge in [-0.2, -0.15) is 0 Å². The Morgan fingerprint density at radius 3 is 2.56 bits per heavy atom. The quantitative estimate of drug-likeness (QED) is 0.528. The summed E-state index contributed by atoms with van der Waals surface area (Å²) in [5.41, 5.74) is 1.93. The Bertz CT molecular complexity index is 953. The predicted octanol–water partition coefficient (Wildman–Crippen LogP) is 3.42. The Morgan fingerprint density at radius 2 is 1.85 bits per heavy atom. The Hall–Kier alpha value is -3.61. The zero-order valence-electron chi connectivity index (χ0n) is 14.5. The van der Waals surface area contributed by atoms with Gasteiger partial charge in [0.15, 0.2) is 0 Å². The van der Waals surface area contributed by atoms with Crippen molar-refractivity contribution in [1.29, 1.82) is 0 Å². The number of rotatable bonds is 8. The lowest BCUT2D eigenvalue weighted by Crippen LogP contribution is -2.10. The summed E-state index contributed by atoms with van der Waals surface area (Å²) in [6, 6.07) is 18.0. The molecule has 0 spiro atoms. The van der Waals surface area contributed by atoms with Crippen molar-refractivity contribution in [3.8, 4) is 17.0 Å². The molecule has 3 aromatic rings. The van der Waals surface area contributed by atoms with Gasteiger partial charge < -0.3 is 15.2 Å². The fourth-order valence-corrected chi connectivity index (χ4v) is 2.46. The molecule has 0 atom stereocenters. The first-order valence-electron chi connectivity index (χ1n) is 8.48. The minimum absolute atomic E-state index is 0.0798. The standard InChI is InChI=1S/C20H19N3O4/c24-18-13-17(14-5-2-1-3-6-14)22-20(23-18)21-15-8-10-16(11-9-15)27-12-4-7-19(25)26/h1-3,5-6,8-11,13H,4,7,12H2,(H,25,26)(H2,21,22,23,24). The minimum Gasteiger partial charge on any atom is -0.494 e. The second-order valence-corrected chi connectivity index (χ2v) is 5.84. The molecule has 0 fully saturated rings. The van der Waals surface area contributed by atoms with Gasteiger partial charge in [-0.15, -0.1) is 0 Å².